The molecule has 0 aromatic carbocycles. The third kappa shape index (κ3) is 1.24. The van der Waals surface area contributed by atoms with Crippen molar-refractivity contribution >= 4 is 0 Å². The maximum absolute atomic E-state index is 8.93. The maximum Gasteiger partial charge on any atom is 0.0658 e. The maximum atomic E-state index is 8.93. The third-order valence-corrected chi connectivity index (χ3v) is 3.61. The van der Waals surface area contributed by atoms with Crippen molar-refractivity contribution in [3.8, 4) is 6.07 Å². The normalized spacial score (nSPS) is 43.9. The summed E-state index contributed by atoms with van der Waals surface area (Å²) in [5.74, 6) is 1.98. The molecule has 0 heterocycles. The van der Waals surface area contributed by atoms with Gasteiger partial charge in [-0.25, -0.2) is 0 Å². The molecule has 1 nitrogen and oxygen atoms in total. The Morgan fingerprint density at radius 1 is 1.25 bits per heavy atom. The molecule has 0 amide bonds. The molecule has 3 atom stereocenters. The average Bonchev–Trinajstić information content (AvgIpc) is 2.24. The molecule has 0 aliphatic heterocycles. The van der Waals surface area contributed by atoms with Gasteiger partial charge in [-0.1, -0.05) is 13.8 Å². The molecular formula is C11H17N. The number of rotatable bonds is 0. The van der Waals surface area contributed by atoms with E-state index in [1.807, 2.05) is 0 Å². The van der Waals surface area contributed by atoms with E-state index in [4.69, 9.17) is 5.26 Å². The summed E-state index contributed by atoms with van der Waals surface area (Å²) in [5, 5.41) is 8.93. The van der Waals surface area contributed by atoms with Crippen LogP contribution in [-0.4, -0.2) is 0 Å². The molecule has 12 heavy (non-hydrogen) atoms. The topological polar surface area (TPSA) is 23.8 Å². The molecule has 1 heteroatoms. The van der Waals surface area contributed by atoms with Gasteiger partial charge in [-0.15, -0.1) is 0 Å². The van der Waals surface area contributed by atoms with Crippen molar-refractivity contribution in [2.24, 2.45) is 23.2 Å². The van der Waals surface area contributed by atoms with Gasteiger partial charge in [0.1, 0.15) is 0 Å². The molecule has 0 aromatic rings. The summed E-state index contributed by atoms with van der Waals surface area (Å²) in [6.45, 7) is 4.71. The highest BCUT2D eigenvalue weighted by Crippen LogP contribution is 2.52. The minimum atomic E-state index is 0.386. The minimum absolute atomic E-state index is 0.386. The lowest BCUT2D eigenvalue weighted by atomic mass is 9.71. The van der Waals surface area contributed by atoms with Gasteiger partial charge in [0, 0.05) is 5.92 Å². The van der Waals surface area contributed by atoms with E-state index in [0.717, 1.165) is 11.8 Å². The Balaban J connectivity index is 2.14. The summed E-state index contributed by atoms with van der Waals surface area (Å²) in [6, 6.07) is 2.47. The molecule has 0 radical (unpaired) electrons. The Kier molecular flexibility index (Phi) is 1.68. The SMILES string of the molecule is CC1(C)CC2C[C@H](CC2C#N)C1. The fourth-order valence-corrected chi connectivity index (χ4v) is 3.37. The van der Waals surface area contributed by atoms with Gasteiger partial charge in [0.25, 0.3) is 0 Å². The van der Waals surface area contributed by atoms with E-state index in [2.05, 4.69) is 19.9 Å². The number of nitrogens with zero attached hydrogens (tertiary/aromatic N) is 1. The molecule has 0 aromatic heterocycles. The van der Waals surface area contributed by atoms with Crippen molar-refractivity contribution in [1.82, 2.24) is 0 Å². The third-order valence-electron chi connectivity index (χ3n) is 3.61. The van der Waals surface area contributed by atoms with Gasteiger partial charge in [0.05, 0.1) is 6.07 Å². The Hall–Kier alpha value is -0.510. The number of nitriles is 1. The van der Waals surface area contributed by atoms with E-state index in [1.165, 1.54) is 25.7 Å². The van der Waals surface area contributed by atoms with Crippen LogP contribution in [0.15, 0.2) is 0 Å². The van der Waals surface area contributed by atoms with Crippen molar-refractivity contribution in [2.75, 3.05) is 0 Å². The lowest BCUT2D eigenvalue weighted by Gasteiger charge is -2.34. The summed E-state index contributed by atoms with van der Waals surface area (Å²) >= 11 is 0. The molecule has 2 bridgehead atoms. The predicted molar refractivity (Wildman–Crippen MR) is 48.3 cm³/mol. The molecule has 2 rings (SSSR count). The zero-order valence-corrected chi connectivity index (χ0v) is 8.01. The Labute approximate surface area is 74.8 Å². The highest BCUT2D eigenvalue weighted by atomic mass is 14.5. The van der Waals surface area contributed by atoms with Crippen LogP contribution in [0.5, 0.6) is 0 Å². The second kappa shape index (κ2) is 2.49. The number of hydrogen-bond donors (Lipinski definition) is 0. The van der Waals surface area contributed by atoms with Gasteiger partial charge in [-0.05, 0) is 42.9 Å². The fourth-order valence-electron chi connectivity index (χ4n) is 3.37. The average molecular weight is 163 g/mol. The number of hydrogen-bond acceptors (Lipinski definition) is 1. The van der Waals surface area contributed by atoms with Crippen LogP contribution in [-0.2, 0) is 0 Å². The van der Waals surface area contributed by atoms with Crippen LogP contribution in [0.4, 0.5) is 0 Å². The predicted octanol–water partition coefficient (Wildman–Crippen LogP) is 2.97. The van der Waals surface area contributed by atoms with Gasteiger partial charge in [-0.2, -0.15) is 5.26 Å². The van der Waals surface area contributed by atoms with Crippen molar-refractivity contribution < 1.29 is 0 Å². The van der Waals surface area contributed by atoms with Crippen molar-refractivity contribution in [2.45, 2.75) is 39.5 Å². The van der Waals surface area contributed by atoms with Crippen LogP contribution < -0.4 is 0 Å². The lowest BCUT2D eigenvalue weighted by molar-refractivity contribution is 0.168. The first-order valence-corrected chi connectivity index (χ1v) is 5.00. The minimum Gasteiger partial charge on any atom is -0.198 e. The highest BCUT2D eigenvalue weighted by Gasteiger charge is 2.43. The second-order valence-corrected chi connectivity index (χ2v) is 5.41. The first kappa shape index (κ1) is 8.10. The molecule has 66 valence electrons. The molecule has 0 saturated heterocycles. The Bertz CT molecular complexity index is 224. The molecule has 0 N–H and O–H groups in total. The van der Waals surface area contributed by atoms with E-state index in [-0.39, 0.29) is 0 Å². The van der Waals surface area contributed by atoms with E-state index in [0.29, 0.717) is 11.3 Å². The molecular weight excluding hydrogens is 146 g/mol. The summed E-state index contributed by atoms with van der Waals surface area (Å²) in [6.07, 6.45) is 5.15. The highest BCUT2D eigenvalue weighted by molar-refractivity contribution is 5.01. The molecule has 2 aliphatic carbocycles. The van der Waals surface area contributed by atoms with Gasteiger partial charge in [0.15, 0.2) is 0 Å². The summed E-state index contributed by atoms with van der Waals surface area (Å²) < 4.78 is 0. The van der Waals surface area contributed by atoms with Crippen LogP contribution in [0.1, 0.15) is 39.5 Å². The number of fused-ring (bicyclic) bond motifs is 2. The van der Waals surface area contributed by atoms with Crippen LogP contribution in [0.2, 0.25) is 0 Å². The van der Waals surface area contributed by atoms with Gasteiger partial charge in [0.2, 0.25) is 0 Å². The lowest BCUT2D eigenvalue weighted by Crippen LogP contribution is -2.24. The quantitative estimate of drug-likeness (QED) is 0.538. The first-order chi connectivity index (χ1) is 5.61. The van der Waals surface area contributed by atoms with Crippen molar-refractivity contribution in [1.29, 1.82) is 5.26 Å². The van der Waals surface area contributed by atoms with Crippen LogP contribution in [0.3, 0.4) is 0 Å². The van der Waals surface area contributed by atoms with Gasteiger partial charge in [-0.3, -0.25) is 0 Å². The fraction of sp³-hybridized carbons (Fsp3) is 0.909. The zero-order chi connectivity index (χ0) is 8.77. The van der Waals surface area contributed by atoms with Crippen LogP contribution in [0, 0.1) is 34.5 Å². The molecule has 0 spiro atoms. The molecule has 2 unspecified atom stereocenters. The van der Waals surface area contributed by atoms with E-state index < -0.39 is 0 Å². The van der Waals surface area contributed by atoms with E-state index >= 15 is 0 Å². The zero-order valence-electron chi connectivity index (χ0n) is 8.01. The van der Waals surface area contributed by atoms with E-state index in [9.17, 15) is 0 Å². The van der Waals surface area contributed by atoms with E-state index in [1.54, 1.807) is 0 Å². The monoisotopic (exact) mass is 163 g/mol. The first-order valence-electron chi connectivity index (χ1n) is 5.00. The standard InChI is InChI=1S/C11H17N/c1-11(2)5-8-3-9(6-11)10(4-8)7-12/h8-10H,3-6H2,1-2H3/t8-,9?,10?/m1/s1. The van der Waals surface area contributed by atoms with Crippen molar-refractivity contribution in [3.63, 3.8) is 0 Å². The summed E-state index contributed by atoms with van der Waals surface area (Å²) in [7, 11) is 0. The van der Waals surface area contributed by atoms with Gasteiger partial charge < -0.3 is 0 Å². The Morgan fingerprint density at radius 2 is 2.00 bits per heavy atom. The van der Waals surface area contributed by atoms with Crippen molar-refractivity contribution in [3.05, 3.63) is 0 Å². The smallest absolute Gasteiger partial charge is 0.0658 e. The summed E-state index contributed by atoms with van der Waals surface area (Å²) in [5.41, 5.74) is 0.513. The van der Waals surface area contributed by atoms with Crippen LogP contribution >= 0.6 is 0 Å². The molecule has 2 saturated carbocycles. The van der Waals surface area contributed by atoms with Gasteiger partial charge >= 0.3 is 0 Å². The largest absolute Gasteiger partial charge is 0.198 e. The summed E-state index contributed by atoms with van der Waals surface area (Å²) in [4.78, 5) is 0. The molecule has 2 aliphatic rings. The second-order valence-electron chi connectivity index (χ2n) is 5.41. The van der Waals surface area contributed by atoms with Crippen LogP contribution in [0.25, 0.3) is 0 Å². The Morgan fingerprint density at radius 3 is 2.67 bits per heavy atom. The molecule has 2 fully saturated rings.